The average molecular weight is 265 g/mol. The fraction of sp³-hybridized carbons (Fsp3) is 0.500. The first-order valence-corrected chi connectivity index (χ1v) is 5.89. The number of carbonyl (C=O) groups excluding carboxylic acids is 1. The largest absolute Gasteiger partial charge is 0.481 e. The lowest BCUT2D eigenvalue weighted by Crippen LogP contribution is -2.00. The molecule has 0 fully saturated rings. The van der Waals surface area contributed by atoms with Gasteiger partial charge in [0.1, 0.15) is 0 Å². The Morgan fingerprint density at radius 2 is 2.00 bits per heavy atom. The van der Waals surface area contributed by atoms with Gasteiger partial charge in [-0.3, -0.25) is 4.79 Å². The molecule has 5 nitrogen and oxygen atoms in total. The molecule has 0 amide bonds. The quantitative estimate of drug-likeness (QED) is 0.315. The van der Waals surface area contributed by atoms with E-state index in [1.165, 1.54) is 0 Å². The van der Waals surface area contributed by atoms with Gasteiger partial charge in [0, 0.05) is 25.3 Å². The number of carboxylic acid groups (broad SMARTS) is 1. The molecule has 0 atom stereocenters. The van der Waals surface area contributed by atoms with Crippen LogP contribution < -0.4 is 0 Å². The van der Waals surface area contributed by atoms with Crippen LogP contribution >= 0.6 is 0 Å². The molecule has 0 spiro atoms. The topological polar surface area (TPSA) is 87.4 Å². The summed E-state index contributed by atoms with van der Waals surface area (Å²) in [7, 11) is 0. The minimum absolute atomic E-state index is 0.238. The van der Waals surface area contributed by atoms with Crippen molar-refractivity contribution in [1.82, 2.24) is 0 Å². The molecule has 0 saturated carbocycles. The van der Waals surface area contributed by atoms with Gasteiger partial charge in [0.25, 0.3) is 0 Å². The standard InChI is InChI=1S/C7H9NO2.C7H10O2/c1-2-7(9)10-6-4-3-5-8;1-2-3-4-5-6-7(8)9/h2H,1,3-4,6H2;1H,3-6H2,(H,8,9). The number of carbonyl (C=O) groups is 2. The first-order valence-electron chi connectivity index (χ1n) is 5.89. The second kappa shape index (κ2) is 15.7. The van der Waals surface area contributed by atoms with Crippen LogP contribution in [0.5, 0.6) is 0 Å². The number of nitrogens with zero attached hydrogens (tertiary/aromatic N) is 1. The molecule has 0 aliphatic rings. The smallest absolute Gasteiger partial charge is 0.330 e. The van der Waals surface area contributed by atoms with E-state index >= 15 is 0 Å². The monoisotopic (exact) mass is 265 g/mol. The summed E-state index contributed by atoms with van der Waals surface area (Å²) in [5.41, 5.74) is 0. The molecule has 0 aromatic heterocycles. The van der Waals surface area contributed by atoms with E-state index in [-0.39, 0.29) is 6.42 Å². The maximum Gasteiger partial charge on any atom is 0.330 e. The lowest BCUT2D eigenvalue weighted by atomic mass is 10.2. The summed E-state index contributed by atoms with van der Waals surface area (Å²) in [5.74, 6) is 1.27. The summed E-state index contributed by atoms with van der Waals surface area (Å²) in [6, 6.07) is 1.94. The highest BCUT2D eigenvalue weighted by molar-refractivity contribution is 5.81. The summed E-state index contributed by atoms with van der Waals surface area (Å²) in [5, 5.41) is 16.2. The van der Waals surface area contributed by atoms with Crippen molar-refractivity contribution < 1.29 is 19.4 Å². The van der Waals surface area contributed by atoms with Crippen LogP contribution in [0.25, 0.3) is 0 Å². The molecule has 104 valence electrons. The minimum atomic E-state index is -0.743. The van der Waals surface area contributed by atoms with Crippen LogP contribution in [0.15, 0.2) is 12.7 Å². The van der Waals surface area contributed by atoms with Gasteiger partial charge in [0.05, 0.1) is 12.7 Å². The maximum absolute atomic E-state index is 10.4. The van der Waals surface area contributed by atoms with Gasteiger partial charge in [-0.15, -0.1) is 12.3 Å². The third kappa shape index (κ3) is 21.6. The third-order valence-corrected chi connectivity index (χ3v) is 1.81. The molecule has 19 heavy (non-hydrogen) atoms. The predicted octanol–water partition coefficient (Wildman–Crippen LogP) is 2.28. The Kier molecular flexibility index (Phi) is 15.8. The van der Waals surface area contributed by atoms with Crippen molar-refractivity contribution in [3.8, 4) is 18.4 Å². The van der Waals surface area contributed by atoms with Gasteiger partial charge in [-0.25, -0.2) is 4.79 Å². The number of unbranched alkanes of at least 4 members (excludes halogenated alkanes) is 3. The fourth-order valence-corrected chi connectivity index (χ4v) is 0.886. The fourth-order valence-electron chi connectivity index (χ4n) is 0.886. The third-order valence-electron chi connectivity index (χ3n) is 1.81. The first-order chi connectivity index (χ1) is 9.08. The van der Waals surface area contributed by atoms with E-state index in [0.717, 1.165) is 12.5 Å². The first kappa shape index (κ1) is 19.1. The highest BCUT2D eigenvalue weighted by atomic mass is 16.5. The van der Waals surface area contributed by atoms with Gasteiger partial charge in [-0.05, 0) is 19.3 Å². The Bertz CT molecular complexity index is 349. The lowest BCUT2D eigenvalue weighted by molar-refractivity contribution is -0.138. The molecule has 0 aliphatic carbocycles. The van der Waals surface area contributed by atoms with E-state index in [2.05, 4.69) is 17.2 Å². The summed E-state index contributed by atoms with van der Waals surface area (Å²) in [6.07, 6.45) is 9.51. The van der Waals surface area contributed by atoms with Gasteiger partial charge < -0.3 is 9.84 Å². The maximum atomic E-state index is 10.4. The zero-order chi connectivity index (χ0) is 14.9. The molecule has 0 heterocycles. The van der Waals surface area contributed by atoms with Crippen molar-refractivity contribution in [2.24, 2.45) is 0 Å². The Balaban J connectivity index is 0. The number of hydrogen-bond acceptors (Lipinski definition) is 4. The zero-order valence-electron chi connectivity index (χ0n) is 10.9. The van der Waals surface area contributed by atoms with Crippen LogP contribution in [0.3, 0.4) is 0 Å². The Morgan fingerprint density at radius 1 is 1.32 bits per heavy atom. The minimum Gasteiger partial charge on any atom is -0.481 e. The molecule has 0 bridgehead atoms. The molecular weight excluding hydrogens is 246 g/mol. The molecule has 0 aliphatic heterocycles. The Hall–Kier alpha value is -2.27. The van der Waals surface area contributed by atoms with E-state index in [1.54, 1.807) is 0 Å². The highest BCUT2D eigenvalue weighted by Crippen LogP contribution is 1.97. The molecule has 0 aromatic rings. The molecule has 0 rings (SSSR count). The van der Waals surface area contributed by atoms with E-state index in [0.29, 0.717) is 32.3 Å². The van der Waals surface area contributed by atoms with E-state index in [1.807, 2.05) is 6.07 Å². The number of esters is 1. The van der Waals surface area contributed by atoms with Gasteiger partial charge in [0.2, 0.25) is 0 Å². The SMILES string of the molecule is C#CCCCCC(=O)O.C=CC(=O)OCCCC#N. The molecule has 0 saturated heterocycles. The molecule has 0 radical (unpaired) electrons. The summed E-state index contributed by atoms with van der Waals surface area (Å²) >= 11 is 0. The number of hydrogen-bond donors (Lipinski definition) is 1. The van der Waals surface area contributed by atoms with E-state index in [9.17, 15) is 9.59 Å². The number of ether oxygens (including phenoxy) is 1. The highest BCUT2D eigenvalue weighted by Gasteiger charge is 1.93. The molecule has 5 heteroatoms. The molecule has 0 aromatic carbocycles. The zero-order valence-corrected chi connectivity index (χ0v) is 10.9. The lowest BCUT2D eigenvalue weighted by Gasteiger charge is -1.96. The van der Waals surface area contributed by atoms with Gasteiger partial charge >= 0.3 is 11.9 Å². The number of carboxylic acids is 1. The van der Waals surface area contributed by atoms with Crippen LogP contribution in [-0.2, 0) is 14.3 Å². The number of terminal acetylenes is 1. The van der Waals surface area contributed by atoms with Crippen LogP contribution in [0.4, 0.5) is 0 Å². The molecule has 1 N–H and O–H groups in total. The second-order valence-electron chi connectivity index (χ2n) is 3.44. The molecule has 0 unspecified atom stereocenters. The predicted molar refractivity (Wildman–Crippen MR) is 70.9 cm³/mol. The normalized spacial score (nSPS) is 8.11. The van der Waals surface area contributed by atoms with Gasteiger partial charge in [0.15, 0.2) is 0 Å². The number of rotatable bonds is 8. The number of nitriles is 1. The van der Waals surface area contributed by atoms with Crippen molar-refractivity contribution in [2.45, 2.75) is 38.5 Å². The van der Waals surface area contributed by atoms with Crippen LogP contribution in [0.2, 0.25) is 0 Å². The van der Waals surface area contributed by atoms with Crippen molar-refractivity contribution in [3.05, 3.63) is 12.7 Å². The number of aliphatic carboxylic acids is 1. The van der Waals surface area contributed by atoms with Crippen LogP contribution in [-0.4, -0.2) is 23.7 Å². The van der Waals surface area contributed by atoms with Crippen LogP contribution in [0, 0.1) is 23.7 Å². The summed E-state index contributed by atoms with van der Waals surface area (Å²) < 4.78 is 4.59. The summed E-state index contributed by atoms with van der Waals surface area (Å²) in [4.78, 5) is 20.3. The van der Waals surface area contributed by atoms with E-state index < -0.39 is 11.9 Å². The van der Waals surface area contributed by atoms with E-state index in [4.69, 9.17) is 16.8 Å². The second-order valence-corrected chi connectivity index (χ2v) is 3.44. The van der Waals surface area contributed by atoms with Crippen molar-refractivity contribution in [1.29, 1.82) is 5.26 Å². The van der Waals surface area contributed by atoms with Gasteiger partial charge in [-0.1, -0.05) is 6.58 Å². The van der Waals surface area contributed by atoms with Crippen molar-refractivity contribution in [2.75, 3.05) is 6.61 Å². The van der Waals surface area contributed by atoms with Crippen LogP contribution in [0.1, 0.15) is 38.5 Å². The van der Waals surface area contributed by atoms with Crippen molar-refractivity contribution in [3.63, 3.8) is 0 Å². The molecular formula is C14H19NO4. The van der Waals surface area contributed by atoms with Crippen molar-refractivity contribution >= 4 is 11.9 Å². The average Bonchev–Trinajstić information content (AvgIpc) is 2.40. The Labute approximate surface area is 113 Å². The Morgan fingerprint density at radius 3 is 2.47 bits per heavy atom. The van der Waals surface area contributed by atoms with Gasteiger partial charge in [-0.2, -0.15) is 5.26 Å². The summed E-state index contributed by atoms with van der Waals surface area (Å²) in [6.45, 7) is 3.52.